The molecule has 0 saturated heterocycles. The molecule has 0 spiro atoms. The number of aliphatic imine (C=N–C) groups is 1. The number of methoxy groups -OCH3 is 1. The van der Waals surface area contributed by atoms with Gasteiger partial charge < -0.3 is 10.1 Å². The number of aromatic nitrogens is 1. The largest absolute Gasteiger partial charge is 0.497 e. The number of nitrogens with zero attached hydrogens (tertiary/aromatic N) is 3. The molecule has 1 aromatic heterocycles. The minimum atomic E-state index is 0.332. The number of aryl methyl sites for hydroxylation is 1. The molecule has 3 aromatic rings. The first-order chi connectivity index (χ1) is 12.6. The van der Waals surface area contributed by atoms with Gasteiger partial charge in [-0.05, 0) is 43.3 Å². The summed E-state index contributed by atoms with van der Waals surface area (Å²) >= 11 is 1.42. The number of rotatable bonds is 3. The highest BCUT2D eigenvalue weighted by Gasteiger charge is 2.09. The van der Waals surface area contributed by atoms with E-state index in [0.29, 0.717) is 28.4 Å². The molecule has 0 aliphatic carbocycles. The highest BCUT2D eigenvalue weighted by atomic mass is 32.1. The number of hydrogen-bond donors (Lipinski definition) is 2. The molecule has 26 heavy (non-hydrogen) atoms. The molecule has 0 radical (unpaired) electrons. The van der Waals surface area contributed by atoms with Crippen molar-refractivity contribution in [2.45, 2.75) is 6.92 Å². The smallest absolute Gasteiger partial charge is 0.223 e. The van der Waals surface area contributed by atoms with Crippen LogP contribution in [0.5, 0.6) is 5.75 Å². The molecular formula is C19H17N5OS. The molecule has 7 heteroatoms. The molecule has 0 aliphatic rings. The van der Waals surface area contributed by atoms with E-state index in [1.165, 1.54) is 11.5 Å². The third kappa shape index (κ3) is 3.99. The molecule has 0 bridgehead atoms. The van der Waals surface area contributed by atoms with Gasteiger partial charge in [0.25, 0.3) is 0 Å². The van der Waals surface area contributed by atoms with Gasteiger partial charge in [0.1, 0.15) is 11.2 Å². The minimum Gasteiger partial charge on any atom is -0.497 e. The predicted octanol–water partition coefficient (Wildman–Crippen LogP) is 3.87. The zero-order valence-corrected chi connectivity index (χ0v) is 15.2. The molecule has 0 atom stereocenters. The van der Waals surface area contributed by atoms with Gasteiger partial charge in [0, 0.05) is 16.6 Å². The zero-order valence-electron chi connectivity index (χ0n) is 14.4. The Morgan fingerprint density at radius 2 is 2.04 bits per heavy atom. The van der Waals surface area contributed by atoms with Gasteiger partial charge in [0.15, 0.2) is 0 Å². The lowest BCUT2D eigenvalue weighted by Crippen LogP contribution is -2.28. The highest BCUT2D eigenvalue weighted by molar-refractivity contribution is 7.07. The number of nitriles is 1. The Labute approximate surface area is 155 Å². The van der Waals surface area contributed by atoms with Crippen molar-refractivity contribution >= 4 is 28.9 Å². The lowest BCUT2D eigenvalue weighted by atomic mass is 10.2. The summed E-state index contributed by atoms with van der Waals surface area (Å²) in [6.07, 6.45) is 0. The van der Waals surface area contributed by atoms with Crippen molar-refractivity contribution in [2.24, 2.45) is 4.99 Å². The van der Waals surface area contributed by atoms with Crippen LogP contribution in [0.4, 0.5) is 11.4 Å². The fourth-order valence-corrected chi connectivity index (χ4v) is 3.13. The van der Waals surface area contributed by atoms with Crippen molar-refractivity contribution in [3.8, 4) is 11.8 Å². The first-order valence-electron chi connectivity index (χ1n) is 7.84. The zero-order chi connectivity index (χ0) is 18.5. The van der Waals surface area contributed by atoms with Gasteiger partial charge in [-0.25, -0.2) is 8.95 Å². The van der Waals surface area contributed by atoms with Gasteiger partial charge in [-0.2, -0.15) is 5.26 Å². The molecule has 2 aromatic carbocycles. The summed E-state index contributed by atoms with van der Waals surface area (Å²) in [5, 5.41) is 20.5. The van der Waals surface area contributed by atoms with Crippen LogP contribution in [-0.4, -0.2) is 17.0 Å². The Morgan fingerprint density at radius 3 is 2.73 bits per heavy atom. The van der Waals surface area contributed by atoms with Crippen LogP contribution in [0.1, 0.15) is 10.4 Å². The van der Waals surface area contributed by atoms with Crippen molar-refractivity contribution in [1.82, 2.24) is 3.96 Å². The van der Waals surface area contributed by atoms with Crippen LogP contribution in [0.3, 0.4) is 0 Å². The van der Waals surface area contributed by atoms with E-state index in [-0.39, 0.29) is 0 Å². The van der Waals surface area contributed by atoms with E-state index in [4.69, 9.17) is 15.4 Å². The Hall–Kier alpha value is -3.37. The van der Waals surface area contributed by atoms with Crippen molar-refractivity contribution in [1.29, 1.82) is 10.7 Å². The average Bonchev–Trinajstić information content (AvgIpc) is 2.99. The molecule has 0 amide bonds. The second-order valence-corrected chi connectivity index (χ2v) is 6.67. The number of anilines is 1. The van der Waals surface area contributed by atoms with E-state index in [2.05, 4.69) is 16.4 Å². The molecular weight excluding hydrogens is 346 g/mol. The summed E-state index contributed by atoms with van der Waals surface area (Å²) < 4.78 is 6.95. The van der Waals surface area contributed by atoms with Gasteiger partial charge >= 0.3 is 0 Å². The number of nitrogens with one attached hydrogen (secondary N) is 2. The van der Waals surface area contributed by atoms with Crippen LogP contribution >= 0.6 is 11.5 Å². The highest BCUT2D eigenvalue weighted by Crippen LogP contribution is 2.21. The number of hydrogen-bond acceptors (Lipinski definition) is 5. The molecule has 6 nitrogen and oxygen atoms in total. The normalized spacial score (nSPS) is 11.0. The van der Waals surface area contributed by atoms with Gasteiger partial charge in [-0.1, -0.05) is 23.7 Å². The fraction of sp³-hybridized carbons (Fsp3) is 0.105. The number of ether oxygens (including phenoxy) is 1. The standard InChI is InChI=1S/C19H17N5OS/c1-13-9-18(21)24(26-13)19(22-15-6-3-5-14(10-15)12-20)23-16-7-4-8-17(11-16)25-2/h3-11,21H,1-2H3,(H,22,23). The van der Waals surface area contributed by atoms with Crippen molar-refractivity contribution < 1.29 is 4.74 Å². The van der Waals surface area contributed by atoms with Crippen LogP contribution in [0.15, 0.2) is 59.6 Å². The lowest BCUT2D eigenvalue weighted by molar-refractivity contribution is 0.415. The summed E-state index contributed by atoms with van der Waals surface area (Å²) in [5.41, 5.74) is 2.30. The summed E-state index contributed by atoms with van der Waals surface area (Å²) in [6.45, 7) is 1.94. The van der Waals surface area contributed by atoms with E-state index < -0.39 is 0 Å². The predicted molar refractivity (Wildman–Crippen MR) is 103 cm³/mol. The quantitative estimate of drug-likeness (QED) is 0.547. The maximum absolute atomic E-state index is 9.10. The summed E-state index contributed by atoms with van der Waals surface area (Å²) in [7, 11) is 1.61. The van der Waals surface area contributed by atoms with E-state index in [0.717, 1.165) is 10.6 Å². The third-order valence-electron chi connectivity index (χ3n) is 3.52. The molecule has 2 N–H and O–H groups in total. The molecule has 1 heterocycles. The first-order valence-corrected chi connectivity index (χ1v) is 8.61. The van der Waals surface area contributed by atoms with E-state index >= 15 is 0 Å². The topological polar surface area (TPSA) is 86.2 Å². The first kappa shape index (κ1) is 17.5. The second kappa shape index (κ2) is 7.68. The third-order valence-corrected chi connectivity index (χ3v) is 4.48. The molecule has 0 saturated carbocycles. The molecule has 0 aliphatic heterocycles. The van der Waals surface area contributed by atoms with Crippen molar-refractivity contribution in [2.75, 3.05) is 12.4 Å². The SMILES string of the molecule is COc1cccc(N=C(Nc2cccc(C#N)c2)n2sc(C)cc2=N)c1. The van der Waals surface area contributed by atoms with Gasteiger partial charge in [0.2, 0.25) is 5.96 Å². The van der Waals surface area contributed by atoms with E-state index in [9.17, 15) is 0 Å². The van der Waals surface area contributed by atoms with Crippen LogP contribution in [0, 0.1) is 23.7 Å². The summed E-state index contributed by atoms with van der Waals surface area (Å²) in [4.78, 5) is 5.66. The van der Waals surface area contributed by atoms with Crippen LogP contribution in [0.2, 0.25) is 0 Å². The number of benzene rings is 2. The van der Waals surface area contributed by atoms with Gasteiger partial charge in [-0.15, -0.1) is 0 Å². The lowest BCUT2D eigenvalue weighted by Gasteiger charge is -2.11. The second-order valence-electron chi connectivity index (χ2n) is 5.48. The monoisotopic (exact) mass is 363 g/mol. The van der Waals surface area contributed by atoms with E-state index in [1.54, 1.807) is 35.3 Å². The van der Waals surface area contributed by atoms with Crippen molar-refractivity contribution in [3.05, 3.63) is 70.5 Å². The Balaban J connectivity index is 2.07. The van der Waals surface area contributed by atoms with Crippen LogP contribution in [-0.2, 0) is 0 Å². The Morgan fingerprint density at radius 1 is 1.23 bits per heavy atom. The summed E-state index contributed by atoms with van der Waals surface area (Å²) in [6, 6.07) is 18.4. The van der Waals surface area contributed by atoms with Crippen LogP contribution in [0.25, 0.3) is 0 Å². The molecule has 0 unspecified atom stereocenters. The Kier molecular flexibility index (Phi) is 5.15. The maximum atomic E-state index is 9.10. The average molecular weight is 363 g/mol. The fourth-order valence-electron chi connectivity index (χ4n) is 2.35. The minimum absolute atomic E-state index is 0.332. The van der Waals surface area contributed by atoms with Gasteiger partial charge in [0.05, 0.1) is 24.4 Å². The van der Waals surface area contributed by atoms with Gasteiger partial charge in [-0.3, -0.25) is 5.41 Å². The summed E-state index contributed by atoms with van der Waals surface area (Å²) in [5.74, 6) is 1.19. The van der Waals surface area contributed by atoms with Crippen molar-refractivity contribution in [3.63, 3.8) is 0 Å². The molecule has 3 rings (SSSR count). The maximum Gasteiger partial charge on any atom is 0.223 e. The van der Waals surface area contributed by atoms with Crippen LogP contribution < -0.4 is 15.5 Å². The van der Waals surface area contributed by atoms with E-state index in [1.807, 2.05) is 37.3 Å². The molecule has 130 valence electrons. The molecule has 0 fully saturated rings. The Bertz CT molecular complexity index is 1060.